The predicted octanol–water partition coefficient (Wildman–Crippen LogP) is 5.17. The maximum absolute atomic E-state index is 14.3. The highest BCUT2D eigenvalue weighted by atomic mass is 32.2. The van der Waals surface area contributed by atoms with Crippen LogP contribution < -0.4 is 5.56 Å². The van der Waals surface area contributed by atoms with Crippen LogP contribution >= 0.6 is 11.8 Å². The number of aromatic nitrogens is 6. The molecule has 43 heavy (non-hydrogen) atoms. The third-order valence-corrected chi connectivity index (χ3v) is 9.51. The Hall–Kier alpha value is -3.48. The van der Waals surface area contributed by atoms with Crippen molar-refractivity contribution in [1.82, 2.24) is 29.3 Å². The molecule has 11 nitrogen and oxygen atoms in total. The lowest BCUT2D eigenvalue weighted by Crippen LogP contribution is -2.36. The van der Waals surface area contributed by atoms with E-state index in [0.717, 1.165) is 72.2 Å². The van der Waals surface area contributed by atoms with Crippen molar-refractivity contribution >= 4 is 17.5 Å². The fourth-order valence-corrected chi connectivity index (χ4v) is 7.48. The van der Waals surface area contributed by atoms with Gasteiger partial charge in [-0.2, -0.15) is 15.1 Å². The van der Waals surface area contributed by atoms with Gasteiger partial charge in [-0.25, -0.2) is 4.52 Å². The molecule has 3 aromatic heterocycles. The van der Waals surface area contributed by atoms with E-state index in [0.29, 0.717) is 24.6 Å². The number of allylic oxidation sites excluding steroid dienone is 2. The van der Waals surface area contributed by atoms with Gasteiger partial charge < -0.3 is 14.9 Å². The van der Waals surface area contributed by atoms with Gasteiger partial charge in [-0.3, -0.25) is 13.9 Å². The molecule has 12 heteroatoms. The molecule has 2 N–H and O–H groups in total. The van der Waals surface area contributed by atoms with Crippen LogP contribution in [0.1, 0.15) is 87.4 Å². The fourth-order valence-electron chi connectivity index (χ4n) is 6.17. The van der Waals surface area contributed by atoms with Gasteiger partial charge in [0.2, 0.25) is 11.6 Å². The van der Waals surface area contributed by atoms with Crippen molar-refractivity contribution in [2.45, 2.75) is 95.1 Å². The Kier molecular flexibility index (Phi) is 8.43. The van der Waals surface area contributed by atoms with E-state index < -0.39 is 11.7 Å². The minimum Gasteiger partial charge on any atom is -0.464 e. The first-order chi connectivity index (χ1) is 20.7. The third kappa shape index (κ3) is 6.27. The molecule has 2 aliphatic rings. The lowest BCUT2D eigenvalue weighted by Gasteiger charge is -2.32. The van der Waals surface area contributed by atoms with Crippen molar-refractivity contribution in [1.29, 1.82) is 0 Å². The summed E-state index contributed by atoms with van der Waals surface area (Å²) in [6.45, 7) is 5.90. The van der Waals surface area contributed by atoms with Crippen LogP contribution in [0.3, 0.4) is 0 Å². The minimum absolute atomic E-state index is 0.00632. The number of hydrogen-bond donors (Lipinski definition) is 2. The topological polar surface area (TPSA) is 141 Å². The molecule has 0 radical (unpaired) electrons. The number of benzene rings is 1. The van der Waals surface area contributed by atoms with Gasteiger partial charge in [0, 0.05) is 28.8 Å². The van der Waals surface area contributed by atoms with Gasteiger partial charge in [-0.1, -0.05) is 48.8 Å². The van der Waals surface area contributed by atoms with Crippen LogP contribution in [0.25, 0.3) is 17.2 Å². The van der Waals surface area contributed by atoms with Gasteiger partial charge in [0.05, 0.1) is 24.0 Å². The highest BCUT2D eigenvalue weighted by Gasteiger charge is 2.31. The van der Waals surface area contributed by atoms with Crippen molar-refractivity contribution in [2.24, 2.45) is 0 Å². The van der Waals surface area contributed by atoms with Crippen molar-refractivity contribution < 1.29 is 19.5 Å². The van der Waals surface area contributed by atoms with E-state index in [1.807, 2.05) is 27.3 Å². The van der Waals surface area contributed by atoms with Gasteiger partial charge in [-0.05, 0) is 62.8 Å². The third-order valence-electron chi connectivity index (χ3n) is 8.16. The molecule has 1 aromatic carbocycles. The maximum atomic E-state index is 14.3. The Labute approximate surface area is 254 Å². The smallest absolute Gasteiger partial charge is 0.415 e. The van der Waals surface area contributed by atoms with E-state index >= 15 is 0 Å². The Bertz CT molecular complexity index is 1680. The van der Waals surface area contributed by atoms with E-state index in [4.69, 9.17) is 9.26 Å². The predicted molar refractivity (Wildman–Crippen MR) is 163 cm³/mol. The minimum atomic E-state index is -0.866. The number of hydrogen-bond acceptors (Lipinski definition) is 10. The van der Waals surface area contributed by atoms with Crippen LogP contribution in [0, 0.1) is 0 Å². The Morgan fingerprint density at radius 2 is 1.98 bits per heavy atom. The van der Waals surface area contributed by atoms with Gasteiger partial charge in [0.1, 0.15) is 6.33 Å². The van der Waals surface area contributed by atoms with Crippen LogP contribution in [0.15, 0.2) is 50.9 Å². The number of nitrogens with zero attached hydrogens (tertiary/aromatic N) is 6. The first-order valence-electron chi connectivity index (χ1n) is 15.0. The van der Waals surface area contributed by atoms with E-state index in [-0.39, 0.29) is 23.0 Å². The molecule has 1 atom stereocenters. The molecule has 228 valence electrons. The molecule has 6 rings (SSSR count). The van der Waals surface area contributed by atoms with E-state index in [2.05, 4.69) is 39.3 Å². The largest absolute Gasteiger partial charge is 0.464 e. The van der Waals surface area contributed by atoms with Crippen molar-refractivity contribution in [3.63, 3.8) is 0 Å². The Balaban J connectivity index is 1.26. The number of aromatic hydroxyl groups is 1. The van der Waals surface area contributed by atoms with Gasteiger partial charge in [-0.15, -0.1) is 11.8 Å². The summed E-state index contributed by atoms with van der Waals surface area (Å²) in [5, 5.41) is 28.3. The lowest BCUT2D eigenvalue weighted by molar-refractivity contribution is -0.0654. The molecular weight excluding hydrogens is 568 g/mol. The molecular formula is C31H38N6O5S. The van der Waals surface area contributed by atoms with Crippen LogP contribution in [0.4, 0.5) is 0 Å². The van der Waals surface area contributed by atoms with Crippen LogP contribution in [-0.2, 0) is 17.6 Å². The zero-order valence-corrected chi connectivity index (χ0v) is 25.6. The standard InChI is InChI=1S/C31H38N6O5S/c1-4-7-25-24(16-21-14-15-26(43-21)22-8-5-6-9-23(22)27-34-30(39)42-35-27)28(38)36(29-32-18-33-37(25)29)19-10-12-20(13-11-19)41-17-31(2,3)40/h5-6,8-9,14,18-20,26,40H,4,7,10-13,15-17H2,1-3H3,(H,34,35,39)/t19-,20-,26?. The van der Waals surface area contributed by atoms with Gasteiger partial charge in [0.15, 0.2) is 0 Å². The number of rotatable bonds is 10. The Morgan fingerprint density at radius 3 is 2.70 bits per heavy atom. The second-order valence-corrected chi connectivity index (χ2v) is 13.4. The SMILES string of the molecule is CCCc1c(CC2=CCC(c3ccccc3-c3noc(O)n3)S2)c(=O)n([C@H]2CC[C@H](OCC(C)(C)O)CC2)c2ncnn12. The van der Waals surface area contributed by atoms with E-state index in [1.54, 1.807) is 31.9 Å². The monoisotopic (exact) mass is 606 g/mol. The Morgan fingerprint density at radius 1 is 1.19 bits per heavy atom. The molecule has 1 aliphatic carbocycles. The quantitative estimate of drug-likeness (QED) is 0.248. The molecule has 0 spiro atoms. The summed E-state index contributed by atoms with van der Waals surface area (Å²) >= 11 is 1.75. The summed E-state index contributed by atoms with van der Waals surface area (Å²) in [5.74, 6) is 0.952. The van der Waals surface area contributed by atoms with E-state index in [9.17, 15) is 15.0 Å². The molecule has 1 aliphatic heterocycles. The molecule has 1 saturated carbocycles. The first-order valence-corrected chi connectivity index (χ1v) is 15.9. The summed E-state index contributed by atoms with van der Waals surface area (Å²) < 4.78 is 14.5. The first kappa shape index (κ1) is 29.6. The molecule has 0 amide bonds. The number of ether oxygens (including phenoxy) is 1. The average molecular weight is 607 g/mol. The van der Waals surface area contributed by atoms with Crippen molar-refractivity contribution in [2.75, 3.05) is 6.61 Å². The summed E-state index contributed by atoms with van der Waals surface area (Å²) in [6.07, 6.45) is 9.56. The number of aryl methyl sites for hydroxylation is 1. The highest BCUT2D eigenvalue weighted by Crippen LogP contribution is 2.47. The number of fused-ring (bicyclic) bond motifs is 1. The highest BCUT2D eigenvalue weighted by molar-refractivity contribution is 8.03. The molecule has 0 saturated heterocycles. The van der Waals surface area contributed by atoms with Crippen LogP contribution in [0.5, 0.6) is 6.08 Å². The summed E-state index contributed by atoms with van der Waals surface area (Å²) in [6, 6.07) is 7.89. The van der Waals surface area contributed by atoms with Gasteiger partial charge in [0.25, 0.3) is 5.56 Å². The zero-order chi connectivity index (χ0) is 30.1. The normalized spacial score (nSPS) is 21.0. The molecule has 4 aromatic rings. The van der Waals surface area contributed by atoms with E-state index in [1.165, 1.54) is 0 Å². The summed E-state index contributed by atoms with van der Waals surface area (Å²) in [4.78, 5) is 24.0. The maximum Gasteiger partial charge on any atom is 0.415 e. The van der Waals surface area contributed by atoms with Crippen LogP contribution in [-0.4, -0.2) is 57.8 Å². The molecule has 1 fully saturated rings. The summed E-state index contributed by atoms with van der Waals surface area (Å²) in [7, 11) is 0. The fraction of sp³-hybridized carbons (Fsp3) is 0.516. The second kappa shape index (κ2) is 12.3. The van der Waals surface area contributed by atoms with Crippen molar-refractivity contribution in [3.05, 3.63) is 68.7 Å². The zero-order valence-electron chi connectivity index (χ0n) is 24.8. The molecule has 4 heterocycles. The summed E-state index contributed by atoms with van der Waals surface area (Å²) in [5.41, 5.74) is 2.72. The average Bonchev–Trinajstić information content (AvgIpc) is 3.76. The van der Waals surface area contributed by atoms with Crippen LogP contribution in [0.2, 0.25) is 0 Å². The van der Waals surface area contributed by atoms with Crippen molar-refractivity contribution in [3.8, 4) is 17.5 Å². The molecule has 0 bridgehead atoms. The number of thioether (sulfide) groups is 1. The number of aliphatic hydroxyl groups is 1. The molecule has 1 unspecified atom stereocenters. The van der Waals surface area contributed by atoms with Gasteiger partial charge >= 0.3 is 6.08 Å². The second-order valence-electron chi connectivity index (χ2n) is 12.1. The lowest BCUT2D eigenvalue weighted by atomic mass is 9.92.